The number of ether oxygens (including phenoxy) is 2. The number of nitrogens with zero attached hydrogens (tertiary/aromatic N) is 1. The number of hydrogen-bond acceptors (Lipinski definition) is 5. The van der Waals surface area contributed by atoms with E-state index in [1.165, 1.54) is 13.3 Å². The molecule has 0 aromatic heterocycles. The number of para-hydroxylation sites is 1. The predicted octanol–water partition coefficient (Wildman–Crippen LogP) is 4.47. The molecule has 152 valence electrons. The zero-order chi connectivity index (χ0) is 21.3. The Morgan fingerprint density at radius 2 is 1.70 bits per heavy atom. The van der Waals surface area contributed by atoms with Gasteiger partial charge in [0.15, 0.2) is 0 Å². The molecular weight excluding hydrogens is 404 g/mol. The largest absolute Gasteiger partial charge is 0.488 e. The number of esters is 1. The first kappa shape index (κ1) is 21.1. The number of carbonyl (C=O) groups is 2. The van der Waals surface area contributed by atoms with E-state index in [9.17, 15) is 9.59 Å². The Bertz CT molecular complexity index is 1050. The first-order chi connectivity index (χ1) is 14.6. The van der Waals surface area contributed by atoms with Gasteiger partial charge in [0.05, 0.1) is 24.5 Å². The fourth-order valence-electron chi connectivity index (χ4n) is 2.57. The summed E-state index contributed by atoms with van der Waals surface area (Å²) in [6.45, 7) is 0.303. The van der Waals surface area contributed by atoms with Crippen molar-refractivity contribution in [1.82, 2.24) is 5.43 Å². The van der Waals surface area contributed by atoms with Crippen molar-refractivity contribution in [2.24, 2.45) is 5.10 Å². The summed E-state index contributed by atoms with van der Waals surface area (Å²) in [6, 6.07) is 20.9. The van der Waals surface area contributed by atoms with Crippen LogP contribution in [0.5, 0.6) is 5.75 Å². The van der Waals surface area contributed by atoms with E-state index < -0.39 is 11.9 Å². The number of hydrazone groups is 1. The maximum absolute atomic E-state index is 12.5. The highest BCUT2D eigenvalue weighted by Crippen LogP contribution is 2.20. The van der Waals surface area contributed by atoms with Gasteiger partial charge in [-0.2, -0.15) is 5.10 Å². The Kier molecular flexibility index (Phi) is 7.19. The molecule has 6 nitrogen and oxygen atoms in total. The molecule has 0 aliphatic rings. The Balaban J connectivity index is 1.62. The van der Waals surface area contributed by atoms with Gasteiger partial charge in [0.25, 0.3) is 5.91 Å². The molecular formula is C23H19ClN2O4. The van der Waals surface area contributed by atoms with Gasteiger partial charge in [0.1, 0.15) is 12.4 Å². The van der Waals surface area contributed by atoms with E-state index in [-0.39, 0.29) is 0 Å². The van der Waals surface area contributed by atoms with E-state index in [4.69, 9.17) is 16.3 Å². The highest BCUT2D eigenvalue weighted by Gasteiger charge is 2.11. The lowest BCUT2D eigenvalue weighted by Crippen LogP contribution is -2.18. The molecule has 3 aromatic rings. The van der Waals surface area contributed by atoms with Gasteiger partial charge in [-0.15, -0.1) is 0 Å². The summed E-state index contributed by atoms with van der Waals surface area (Å²) >= 11 is 5.89. The zero-order valence-corrected chi connectivity index (χ0v) is 16.9. The van der Waals surface area contributed by atoms with Crippen LogP contribution < -0.4 is 10.2 Å². The Morgan fingerprint density at radius 3 is 2.40 bits per heavy atom. The molecule has 0 saturated carbocycles. The number of benzene rings is 3. The van der Waals surface area contributed by atoms with Gasteiger partial charge < -0.3 is 9.47 Å². The van der Waals surface area contributed by atoms with Crippen molar-refractivity contribution in [3.8, 4) is 5.75 Å². The van der Waals surface area contributed by atoms with E-state index in [2.05, 4.69) is 15.3 Å². The Morgan fingerprint density at radius 1 is 1.00 bits per heavy atom. The zero-order valence-electron chi connectivity index (χ0n) is 16.2. The lowest BCUT2D eigenvalue weighted by Gasteiger charge is -2.10. The third-order valence-corrected chi connectivity index (χ3v) is 4.40. The molecule has 1 N–H and O–H groups in total. The van der Waals surface area contributed by atoms with Gasteiger partial charge >= 0.3 is 5.97 Å². The molecule has 0 bridgehead atoms. The van der Waals surface area contributed by atoms with Gasteiger partial charge in [-0.25, -0.2) is 10.2 Å². The fourth-order valence-corrected chi connectivity index (χ4v) is 2.70. The summed E-state index contributed by atoms with van der Waals surface area (Å²) in [5.74, 6) is -0.367. The van der Waals surface area contributed by atoms with Crippen molar-refractivity contribution in [1.29, 1.82) is 0 Å². The summed E-state index contributed by atoms with van der Waals surface area (Å²) in [5.41, 5.74) is 4.94. The minimum atomic E-state index is -0.415. The smallest absolute Gasteiger partial charge is 0.337 e. The second-order valence-electron chi connectivity index (χ2n) is 6.22. The lowest BCUT2D eigenvalue weighted by molar-refractivity contribution is 0.0600. The molecule has 1 amide bonds. The first-order valence-electron chi connectivity index (χ1n) is 9.05. The van der Waals surface area contributed by atoms with Crippen LogP contribution in [0, 0.1) is 0 Å². The summed E-state index contributed by atoms with van der Waals surface area (Å²) < 4.78 is 10.5. The minimum absolute atomic E-state index is 0.303. The van der Waals surface area contributed by atoms with Crippen LogP contribution >= 0.6 is 11.6 Å². The van der Waals surface area contributed by atoms with Gasteiger partial charge in [0.2, 0.25) is 0 Å². The normalized spacial score (nSPS) is 10.6. The number of halogens is 1. The van der Waals surface area contributed by atoms with Crippen molar-refractivity contribution in [3.63, 3.8) is 0 Å². The van der Waals surface area contributed by atoms with Crippen LogP contribution in [0.4, 0.5) is 0 Å². The average molecular weight is 423 g/mol. The van der Waals surface area contributed by atoms with Crippen LogP contribution in [-0.2, 0) is 11.3 Å². The Hall–Kier alpha value is -3.64. The summed E-state index contributed by atoms with van der Waals surface area (Å²) in [6.07, 6.45) is 1.48. The molecule has 3 rings (SSSR count). The molecule has 0 aliphatic carbocycles. The van der Waals surface area contributed by atoms with Crippen LogP contribution in [0.25, 0.3) is 0 Å². The topological polar surface area (TPSA) is 77.0 Å². The monoisotopic (exact) mass is 422 g/mol. The highest BCUT2D eigenvalue weighted by molar-refractivity contribution is 6.30. The molecule has 0 atom stereocenters. The molecule has 0 spiro atoms. The molecule has 0 aliphatic heterocycles. The molecule has 30 heavy (non-hydrogen) atoms. The van der Waals surface area contributed by atoms with Crippen LogP contribution in [0.1, 0.15) is 31.8 Å². The summed E-state index contributed by atoms with van der Waals surface area (Å²) in [4.78, 5) is 24.0. The van der Waals surface area contributed by atoms with E-state index in [0.29, 0.717) is 28.5 Å². The van der Waals surface area contributed by atoms with E-state index in [0.717, 1.165) is 11.1 Å². The number of amides is 1. The second kappa shape index (κ2) is 10.2. The summed E-state index contributed by atoms with van der Waals surface area (Å²) in [5, 5.41) is 4.62. The molecule has 0 heterocycles. The van der Waals surface area contributed by atoms with Gasteiger partial charge in [-0.1, -0.05) is 48.0 Å². The van der Waals surface area contributed by atoms with Gasteiger partial charge in [-0.3, -0.25) is 4.79 Å². The second-order valence-corrected chi connectivity index (χ2v) is 6.66. The van der Waals surface area contributed by atoms with Crippen molar-refractivity contribution >= 4 is 29.7 Å². The van der Waals surface area contributed by atoms with Crippen LogP contribution in [0.3, 0.4) is 0 Å². The molecule has 7 heteroatoms. The molecule has 0 radical (unpaired) electrons. The number of methoxy groups -OCH3 is 1. The molecule has 0 fully saturated rings. The van der Waals surface area contributed by atoms with Gasteiger partial charge in [0, 0.05) is 5.02 Å². The first-order valence-corrected chi connectivity index (χ1v) is 9.42. The summed E-state index contributed by atoms with van der Waals surface area (Å²) in [7, 11) is 1.32. The third-order valence-electron chi connectivity index (χ3n) is 4.15. The molecule has 3 aromatic carbocycles. The van der Waals surface area contributed by atoms with Crippen molar-refractivity contribution < 1.29 is 19.1 Å². The predicted molar refractivity (Wildman–Crippen MR) is 115 cm³/mol. The number of nitrogens with one attached hydrogen (secondary N) is 1. The average Bonchev–Trinajstić information content (AvgIpc) is 2.78. The number of rotatable bonds is 7. The quantitative estimate of drug-likeness (QED) is 0.346. The third kappa shape index (κ3) is 5.68. The standard InChI is InChI=1S/C23H19ClN2O4/c1-29-23(28)18-10-6-16(7-11-18)14-25-26-22(27)20-4-2-3-5-21(20)30-15-17-8-12-19(24)13-9-17/h2-14H,15H2,1H3,(H,26,27)/b25-14+. The minimum Gasteiger partial charge on any atom is -0.488 e. The molecule has 0 saturated heterocycles. The van der Waals surface area contributed by atoms with E-state index in [1.54, 1.807) is 60.7 Å². The Labute approximate surface area is 179 Å². The highest BCUT2D eigenvalue weighted by atomic mass is 35.5. The van der Waals surface area contributed by atoms with E-state index >= 15 is 0 Å². The van der Waals surface area contributed by atoms with Crippen molar-refractivity contribution in [2.75, 3.05) is 7.11 Å². The number of carbonyl (C=O) groups excluding carboxylic acids is 2. The van der Waals surface area contributed by atoms with E-state index in [1.807, 2.05) is 12.1 Å². The van der Waals surface area contributed by atoms with Crippen molar-refractivity contribution in [3.05, 3.63) is 100 Å². The lowest BCUT2D eigenvalue weighted by atomic mass is 10.1. The van der Waals surface area contributed by atoms with Crippen LogP contribution in [-0.4, -0.2) is 25.2 Å². The SMILES string of the molecule is COC(=O)c1ccc(/C=N/NC(=O)c2ccccc2OCc2ccc(Cl)cc2)cc1. The van der Waals surface area contributed by atoms with Crippen LogP contribution in [0.2, 0.25) is 5.02 Å². The maximum Gasteiger partial charge on any atom is 0.337 e. The molecule has 0 unspecified atom stereocenters. The van der Waals surface area contributed by atoms with Gasteiger partial charge in [-0.05, 0) is 47.5 Å². The maximum atomic E-state index is 12.5. The number of hydrogen-bond donors (Lipinski definition) is 1. The van der Waals surface area contributed by atoms with Crippen LogP contribution in [0.15, 0.2) is 77.9 Å². The van der Waals surface area contributed by atoms with Crippen molar-refractivity contribution in [2.45, 2.75) is 6.61 Å². The fraction of sp³-hybridized carbons (Fsp3) is 0.0870.